The number of nitrogens with zero attached hydrogens (tertiary/aromatic N) is 1. The molecule has 3 aromatic carbocycles. The van der Waals surface area contributed by atoms with E-state index in [0.29, 0.717) is 5.92 Å². The second-order valence-corrected chi connectivity index (χ2v) is 8.51. The molecule has 0 atom stereocenters. The van der Waals surface area contributed by atoms with E-state index >= 15 is 0 Å². The largest absolute Gasteiger partial charge is 0.256 e. The molecule has 0 N–H and O–H groups in total. The Kier molecular flexibility index (Phi) is 4.22. The number of rotatable bonds is 3. The Hall–Kier alpha value is -2.97. The van der Waals surface area contributed by atoms with E-state index in [1.165, 1.54) is 42.4 Å². The number of thiophene rings is 1. The summed E-state index contributed by atoms with van der Waals surface area (Å²) in [7, 11) is 0. The second-order valence-electron chi connectivity index (χ2n) is 7.46. The van der Waals surface area contributed by atoms with Crippen molar-refractivity contribution in [2.24, 2.45) is 0 Å². The molecule has 0 fully saturated rings. The van der Waals surface area contributed by atoms with Gasteiger partial charge in [-0.1, -0.05) is 74.5 Å². The van der Waals surface area contributed by atoms with Gasteiger partial charge in [0.05, 0.1) is 5.69 Å². The van der Waals surface area contributed by atoms with Crippen molar-refractivity contribution in [3.05, 3.63) is 90.6 Å². The van der Waals surface area contributed by atoms with Crippen molar-refractivity contribution in [2.75, 3.05) is 0 Å². The molecule has 2 aromatic heterocycles. The zero-order chi connectivity index (χ0) is 19.1. The maximum Gasteiger partial charge on any atom is 0.0719 e. The van der Waals surface area contributed by atoms with Crippen LogP contribution in [0.5, 0.6) is 0 Å². The highest BCUT2D eigenvalue weighted by molar-refractivity contribution is 7.26. The number of aromatic nitrogens is 1. The van der Waals surface area contributed by atoms with E-state index in [4.69, 9.17) is 4.98 Å². The van der Waals surface area contributed by atoms with Crippen LogP contribution in [0.1, 0.15) is 25.3 Å². The third kappa shape index (κ3) is 2.81. The zero-order valence-corrected chi connectivity index (χ0v) is 16.8. The molecular formula is C26H21NS. The van der Waals surface area contributed by atoms with Crippen LogP contribution in [0.15, 0.2) is 85.1 Å². The summed E-state index contributed by atoms with van der Waals surface area (Å²) >= 11 is 1.87. The standard InChI is InChI=1S/C26H21NS/c1-17(2)19-14-15-27-23(16-19)21-13-12-20(18-8-4-3-5-9-18)25-22-10-6-7-11-24(22)28-26(21)25/h3-17H,1-2H3. The lowest BCUT2D eigenvalue weighted by Crippen LogP contribution is -1.91. The van der Waals surface area contributed by atoms with E-state index in [1.807, 2.05) is 17.5 Å². The van der Waals surface area contributed by atoms with Gasteiger partial charge in [0.2, 0.25) is 0 Å². The monoisotopic (exact) mass is 379 g/mol. The molecule has 0 aliphatic rings. The van der Waals surface area contributed by atoms with Gasteiger partial charge >= 0.3 is 0 Å². The van der Waals surface area contributed by atoms with Crippen molar-refractivity contribution in [1.29, 1.82) is 0 Å². The topological polar surface area (TPSA) is 12.9 Å². The highest BCUT2D eigenvalue weighted by atomic mass is 32.1. The van der Waals surface area contributed by atoms with Crippen molar-refractivity contribution in [1.82, 2.24) is 4.98 Å². The minimum absolute atomic E-state index is 0.489. The van der Waals surface area contributed by atoms with Gasteiger partial charge in [-0.2, -0.15) is 0 Å². The van der Waals surface area contributed by atoms with Crippen molar-refractivity contribution in [2.45, 2.75) is 19.8 Å². The van der Waals surface area contributed by atoms with Crippen molar-refractivity contribution in [3.63, 3.8) is 0 Å². The van der Waals surface area contributed by atoms with Gasteiger partial charge in [0.15, 0.2) is 0 Å². The van der Waals surface area contributed by atoms with Crippen molar-refractivity contribution < 1.29 is 0 Å². The number of hydrogen-bond donors (Lipinski definition) is 0. The highest BCUT2D eigenvalue weighted by Gasteiger charge is 2.16. The first kappa shape index (κ1) is 17.2. The molecule has 0 saturated carbocycles. The third-order valence-corrected chi connectivity index (χ3v) is 6.54. The van der Waals surface area contributed by atoms with Gasteiger partial charge in [0.25, 0.3) is 0 Å². The van der Waals surface area contributed by atoms with Crippen molar-refractivity contribution >= 4 is 31.5 Å². The molecule has 5 aromatic rings. The zero-order valence-electron chi connectivity index (χ0n) is 16.0. The first-order chi connectivity index (χ1) is 13.7. The SMILES string of the molecule is CC(C)c1ccnc(-c2ccc(-c3ccccc3)c3c2sc2ccccc23)c1. The summed E-state index contributed by atoms with van der Waals surface area (Å²) in [4.78, 5) is 4.72. The van der Waals surface area contributed by atoms with E-state index in [1.54, 1.807) is 0 Å². The molecule has 1 nitrogen and oxygen atoms in total. The quantitative estimate of drug-likeness (QED) is 0.310. The number of hydrogen-bond acceptors (Lipinski definition) is 2. The number of benzene rings is 3. The third-order valence-electron chi connectivity index (χ3n) is 5.34. The molecule has 0 bridgehead atoms. The minimum Gasteiger partial charge on any atom is -0.256 e. The summed E-state index contributed by atoms with van der Waals surface area (Å²) in [5.41, 5.74) is 6.15. The maximum atomic E-state index is 4.72. The Bertz CT molecular complexity index is 1280. The molecule has 0 unspecified atom stereocenters. The molecule has 28 heavy (non-hydrogen) atoms. The normalized spacial score (nSPS) is 11.5. The first-order valence-electron chi connectivity index (χ1n) is 9.68. The maximum absolute atomic E-state index is 4.72. The minimum atomic E-state index is 0.489. The number of pyridine rings is 1. The fourth-order valence-electron chi connectivity index (χ4n) is 3.84. The van der Waals surface area contributed by atoms with Crippen LogP contribution in [-0.4, -0.2) is 4.98 Å². The predicted molar refractivity (Wildman–Crippen MR) is 122 cm³/mol. The molecule has 5 rings (SSSR count). The lowest BCUT2D eigenvalue weighted by Gasteiger charge is -2.11. The summed E-state index contributed by atoms with van der Waals surface area (Å²) in [5.74, 6) is 0.489. The predicted octanol–water partition coefficient (Wildman–Crippen LogP) is 7.91. The van der Waals surface area contributed by atoms with Crippen LogP contribution in [0.4, 0.5) is 0 Å². The molecule has 2 heteroatoms. The second kappa shape index (κ2) is 6.88. The van der Waals surface area contributed by atoms with Gasteiger partial charge in [-0.3, -0.25) is 4.98 Å². The summed E-state index contributed by atoms with van der Waals surface area (Å²) in [6.07, 6.45) is 1.94. The summed E-state index contributed by atoms with van der Waals surface area (Å²) < 4.78 is 2.64. The van der Waals surface area contributed by atoms with Crippen LogP contribution in [0.2, 0.25) is 0 Å². The summed E-state index contributed by atoms with van der Waals surface area (Å²) in [6, 6.07) is 28.3. The Morgan fingerprint density at radius 3 is 2.36 bits per heavy atom. The Morgan fingerprint density at radius 1 is 0.786 bits per heavy atom. The van der Waals surface area contributed by atoms with Crippen LogP contribution >= 0.6 is 11.3 Å². The Labute approximate surface area is 169 Å². The van der Waals surface area contributed by atoms with Gasteiger partial charge in [-0.15, -0.1) is 11.3 Å². The fourth-order valence-corrected chi connectivity index (χ4v) is 5.09. The lowest BCUT2D eigenvalue weighted by molar-refractivity contribution is 0.864. The van der Waals surface area contributed by atoms with Gasteiger partial charge in [-0.25, -0.2) is 0 Å². The molecule has 136 valence electrons. The average Bonchev–Trinajstić information content (AvgIpc) is 3.13. The first-order valence-corrected chi connectivity index (χ1v) is 10.5. The number of fused-ring (bicyclic) bond motifs is 3. The van der Waals surface area contributed by atoms with E-state index in [2.05, 4.69) is 92.7 Å². The highest BCUT2D eigenvalue weighted by Crippen LogP contribution is 2.44. The smallest absolute Gasteiger partial charge is 0.0719 e. The van der Waals surface area contributed by atoms with Crippen molar-refractivity contribution in [3.8, 4) is 22.4 Å². The van der Waals surface area contributed by atoms with E-state index in [0.717, 1.165) is 5.69 Å². The molecule has 0 aliphatic heterocycles. The van der Waals surface area contributed by atoms with E-state index in [-0.39, 0.29) is 0 Å². The lowest BCUT2D eigenvalue weighted by atomic mass is 9.95. The molecule has 0 radical (unpaired) electrons. The van der Waals surface area contributed by atoms with Crippen LogP contribution in [0, 0.1) is 0 Å². The average molecular weight is 380 g/mol. The summed E-state index contributed by atoms with van der Waals surface area (Å²) in [6.45, 7) is 4.46. The molecular weight excluding hydrogens is 358 g/mol. The van der Waals surface area contributed by atoms with Gasteiger partial charge in [0.1, 0.15) is 0 Å². The molecule has 0 saturated heterocycles. The molecule has 0 spiro atoms. The molecule has 2 heterocycles. The fraction of sp³-hybridized carbons (Fsp3) is 0.115. The van der Waals surface area contributed by atoms with Crippen LogP contribution in [0.3, 0.4) is 0 Å². The van der Waals surface area contributed by atoms with Crippen LogP contribution in [0.25, 0.3) is 42.6 Å². The summed E-state index contributed by atoms with van der Waals surface area (Å²) in [5, 5.41) is 2.66. The van der Waals surface area contributed by atoms with Crippen LogP contribution < -0.4 is 0 Å². The Morgan fingerprint density at radius 2 is 1.54 bits per heavy atom. The van der Waals surface area contributed by atoms with Gasteiger partial charge < -0.3 is 0 Å². The van der Waals surface area contributed by atoms with E-state index in [9.17, 15) is 0 Å². The van der Waals surface area contributed by atoms with E-state index < -0.39 is 0 Å². The van der Waals surface area contributed by atoms with Crippen LogP contribution in [-0.2, 0) is 0 Å². The Balaban J connectivity index is 1.85. The van der Waals surface area contributed by atoms with Gasteiger partial charge in [0, 0.05) is 31.9 Å². The molecule has 0 aliphatic carbocycles. The van der Waals surface area contributed by atoms with Gasteiger partial charge in [-0.05, 0) is 40.8 Å². The molecule has 0 amide bonds.